The topological polar surface area (TPSA) is 70.2 Å². The minimum absolute atomic E-state index is 0.0528. The van der Waals surface area contributed by atoms with Crippen LogP contribution in [-0.4, -0.2) is 81.0 Å². The SMILES string of the molecule is C#Cc1cc2c(cc1N1CCC(N3CCOCC3)CC1)C1(CCOCC1)c1[nH]c3cc(CN=C)ccc3c1C2=O. The van der Waals surface area contributed by atoms with Crippen molar-refractivity contribution < 1.29 is 14.3 Å². The number of benzene rings is 2. The third kappa shape index (κ3) is 4.01. The Morgan fingerprint density at radius 3 is 2.52 bits per heavy atom. The van der Waals surface area contributed by atoms with Crippen LogP contribution in [0.15, 0.2) is 35.3 Å². The van der Waals surface area contributed by atoms with Crippen LogP contribution in [0.3, 0.4) is 0 Å². The molecule has 206 valence electrons. The van der Waals surface area contributed by atoms with Crippen LogP contribution in [0.1, 0.15) is 64.0 Å². The Morgan fingerprint density at radius 2 is 1.80 bits per heavy atom. The van der Waals surface area contributed by atoms with Crippen molar-refractivity contribution in [3.63, 3.8) is 0 Å². The Morgan fingerprint density at radius 1 is 1.05 bits per heavy atom. The van der Waals surface area contributed by atoms with Gasteiger partial charge >= 0.3 is 0 Å². The quantitative estimate of drug-likeness (QED) is 0.398. The van der Waals surface area contributed by atoms with Gasteiger partial charge in [-0.2, -0.15) is 0 Å². The summed E-state index contributed by atoms with van der Waals surface area (Å²) in [5.41, 5.74) is 7.26. The third-order valence-corrected chi connectivity index (χ3v) is 9.63. The van der Waals surface area contributed by atoms with Crippen molar-refractivity contribution in [2.24, 2.45) is 4.99 Å². The third-order valence-electron chi connectivity index (χ3n) is 9.63. The summed E-state index contributed by atoms with van der Waals surface area (Å²) < 4.78 is 11.4. The average molecular weight is 537 g/mol. The molecule has 4 heterocycles. The fraction of sp³-hybridized carbons (Fsp3) is 0.455. The van der Waals surface area contributed by atoms with E-state index in [2.05, 4.69) is 50.6 Å². The van der Waals surface area contributed by atoms with Gasteiger partial charge in [0.15, 0.2) is 5.78 Å². The van der Waals surface area contributed by atoms with Crippen LogP contribution in [-0.2, 0) is 21.4 Å². The molecule has 4 aliphatic rings. The van der Waals surface area contributed by atoms with Gasteiger partial charge in [0.05, 0.1) is 31.0 Å². The van der Waals surface area contributed by atoms with Gasteiger partial charge in [-0.15, -0.1) is 6.42 Å². The summed E-state index contributed by atoms with van der Waals surface area (Å²) in [5, 5.41) is 0.959. The van der Waals surface area contributed by atoms with Gasteiger partial charge in [-0.25, -0.2) is 0 Å². The van der Waals surface area contributed by atoms with E-state index in [0.717, 1.165) is 115 Å². The lowest BCUT2D eigenvalue weighted by molar-refractivity contribution is 0.0115. The number of aromatic amines is 1. The Bertz CT molecular complexity index is 1510. The number of fused-ring (bicyclic) bond motifs is 6. The highest BCUT2D eigenvalue weighted by Crippen LogP contribution is 2.51. The number of nitrogens with one attached hydrogen (secondary N) is 1. The summed E-state index contributed by atoms with van der Waals surface area (Å²) in [6, 6.07) is 11.0. The second-order valence-electron chi connectivity index (χ2n) is 11.6. The van der Waals surface area contributed by atoms with Crippen molar-refractivity contribution in [2.75, 3.05) is 57.5 Å². The number of carbonyl (C=O) groups is 1. The van der Waals surface area contributed by atoms with Crippen LogP contribution in [0.25, 0.3) is 10.9 Å². The zero-order chi connectivity index (χ0) is 27.3. The van der Waals surface area contributed by atoms with E-state index in [4.69, 9.17) is 15.9 Å². The van der Waals surface area contributed by atoms with Crippen molar-refractivity contribution >= 4 is 29.1 Å². The van der Waals surface area contributed by atoms with Gasteiger partial charge in [0.25, 0.3) is 0 Å². The number of carbonyl (C=O) groups excluding carboxylic acids is 1. The Labute approximate surface area is 235 Å². The maximum absolute atomic E-state index is 14.2. The summed E-state index contributed by atoms with van der Waals surface area (Å²) >= 11 is 0. The first kappa shape index (κ1) is 25.5. The Kier molecular flexibility index (Phi) is 6.50. The number of piperidine rings is 1. The molecule has 1 spiro atoms. The average Bonchev–Trinajstić information content (AvgIpc) is 3.40. The second-order valence-corrected chi connectivity index (χ2v) is 11.6. The summed E-state index contributed by atoms with van der Waals surface area (Å²) in [6.45, 7) is 11.1. The molecule has 3 fully saturated rings. The van der Waals surface area contributed by atoms with E-state index in [1.54, 1.807) is 0 Å². The first-order valence-corrected chi connectivity index (χ1v) is 14.5. The largest absolute Gasteiger partial charge is 0.381 e. The molecule has 0 amide bonds. The zero-order valence-corrected chi connectivity index (χ0v) is 23.0. The maximum Gasteiger partial charge on any atom is 0.195 e. The van der Waals surface area contributed by atoms with E-state index >= 15 is 0 Å². The number of ether oxygens (including phenoxy) is 2. The number of aliphatic imine (C=N–C) groups is 1. The van der Waals surface area contributed by atoms with Crippen LogP contribution in [0.2, 0.25) is 0 Å². The van der Waals surface area contributed by atoms with E-state index in [1.165, 1.54) is 0 Å². The number of anilines is 1. The Hall–Kier alpha value is -3.44. The number of rotatable bonds is 4. The van der Waals surface area contributed by atoms with Crippen molar-refractivity contribution in [2.45, 2.75) is 43.7 Å². The van der Waals surface area contributed by atoms with Gasteiger partial charge in [0.1, 0.15) is 0 Å². The number of morpholine rings is 1. The minimum atomic E-state index is -0.319. The van der Waals surface area contributed by atoms with E-state index in [-0.39, 0.29) is 11.2 Å². The van der Waals surface area contributed by atoms with Crippen molar-refractivity contribution in [1.29, 1.82) is 0 Å². The lowest BCUT2D eigenvalue weighted by Gasteiger charge is -2.43. The van der Waals surface area contributed by atoms with E-state index in [0.29, 0.717) is 25.8 Å². The summed E-state index contributed by atoms with van der Waals surface area (Å²) in [7, 11) is 0. The normalized spacial score (nSPS) is 21.3. The van der Waals surface area contributed by atoms with E-state index < -0.39 is 0 Å². The molecular weight excluding hydrogens is 500 g/mol. The molecule has 1 aliphatic carbocycles. The van der Waals surface area contributed by atoms with Crippen molar-refractivity contribution in [1.82, 2.24) is 9.88 Å². The molecule has 1 aromatic heterocycles. The summed E-state index contributed by atoms with van der Waals surface area (Å²) in [6.07, 6.45) is 9.96. The molecule has 7 rings (SSSR count). The lowest BCUT2D eigenvalue weighted by atomic mass is 9.64. The van der Waals surface area contributed by atoms with Gasteiger partial charge in [-0.1, -0.05) is 18.1 Å². The van der Waals surface area contributed by atoms with Crippen LogP contribution in [0.5, 0.6) is 0 Å². The van der Waals surface area contributed by atoms with Crippen LogP contribution < -0.4 is 4.90 Å². The van der Waals surface area contributed by atoms with Gasteiger partial charge < -0.3 is 19.4 Å². The van der Waals surface area contributed by atoms with Gasteiger partial charge in [-0.05, 0) is 61.7 Å². The molecular formula is C33H36N4O3. The van der Waals surface area contributed by atoms with Crippen molar-refractivity contribution in [3.8, 4) is 12.3 Å². The minimum Gasteiger partial charge on any atom is -0.381 e. The first-order chi connectivity index (χ1) is 19.6. The van der Waals surface area contributed by atoms with Crippen molar-refractivity contribution in [3.05, 3.63) is 63.8 Å². The summed E-state index contributed by atoms with van der Waals surface area (Å²) in [4.78, 5) is 27.0. The molecule has 0 bridgehead atoms. The molecule has 7 heteroatoms. The van der Waals surface area contributed by atoms with E-state index in [9.17, 15) is 4.79 Å². The van der Waals surface area contributed by atoms with E-state index in [1.807, 2.05) is 12.1 Å². The fourth-order valence-electron chi connectivity index (χ4n) is 7.54. The molecule has 7 nitrogen and oxygen atoms in total. The molecule has 3 saturated heterocycles. The molecule has 1 N–H and O–H groups in total. The predicted molar refractivity (Wildman–Crippen MR) is 158 cm³/mol. The highest BCUT2D eigenvalue weighted by atomic mass is 16.5. The molecule has 0 atom stereocenters. The lowest BCUT2D eigenvalue weighted by Crippen LogP contribution is -2.49. The molecule has 0 radical (unpaired) electrons. The highest BCUT2D eigenvalue weighted by molar-refractivity contribution is 6.20. The molecule has 0 saturated carbocycles. The highest BCUT2D eigenvalue weighted by Gasteiger charge is 2.47. The Balaban J connectivity index is 1.30. The van der Waals surface area contributed by atoms with Crippen LogP contribution >= 0.6 is 0 Å². The zero-order valence-electron chi connectivity index (χ0n) is 23.0. The number of ketones is 1. The number of hydrogen-bond acceptors (Lipinski definition) is 6. The smallest absolute Gasteiger partial charge is 0.195 e. The monoisotopic (exact) mass is 536 g/mol. The first-order valence-electron chi connectivity index (χ1n) is 14.5. The molecule has 3 aliphatic heterocycles. The predicted octanol–water partition coefficient (Wildman–Crippen LogP) is 4.29. The van der Waals surface area contributed by atoms with Gasteiger partial charge in [0.2, 0.25) is 0 Å². The number of terminal acetylenes is 1. The standard InChI is InChI=1S/C33H36N4O3/c1-3-23-19-26-27(20-29(23)37-10-6-24(7-11-37)36-12-16-40-17-13-36)33(8-14-39-15-9-33)32-30(31(26)38)25-5-4-22(21-34-2)18-28(25)35-32/h1,4-5,18-20,24,35H,2,6-17,21H2. The number of hydrogen-bond donors (Lipinski definition) is 1. The number of H-pyrrole nitrogens is 1. The maximum atomic E-state index is 14.2. The fourth-order valence-corrected chi connectivity index (χ4v) is 7.54. The molecule has 40 heavy (non-hydrogen) atoms. The number of aromatic nitrogens is 1. The molecule has 2 aromatic carbocycles. The second kappa shape index (κ2) is 10.2. The molecule has 0 unspecified atom stereocenters. The van der Waals surface area contributed by atoms with Gasteiger partial charge in [-0.3, -0.25) is 14.7 Å². The van der Waals surface area contributed by atoms with Crippen LogP contribution in [0.4, 0.5) is 5.69 Å². The van der Waals surface area contributed by atoms with Gasteiger partial charge in [0, 0.05) is 78.6 Å². The number of nitrogens with zero attached hydrogens (tertiary/aromatic N) is 3. The molecule has 3 aromatic rings. The van der Waals surface area contributed by atoms with Crippen LogP contribution in [0, 0.1) is 12.3 Å². The summed E-state index contributed by atoms with van der Waals surface area (Å²) in [5.74, 6) is 2.99.